The molecule has 1 aliphatic heterocycles. The van der Waals surface area contributed by atoms with Gasteiger partial charge in [-0.3, -0.25) is 4.90 Å². The van der Waals surface area contributed by atoms with Gasteiger partial charge >= 0.3 is 0 Å². The number of rotatable bonds is 2. The summed E-state index contributed by atoms with van der Waals surface area (Å²) in [7, 11) is 1.69. The maximum absolute atomic E-state index is 10.6. The Bertz CT molecular complexity index is 460. The van der Waals surface area contributed by atoms with E-state index >= 15 is 0 Å². The standard InChI is InChI=1S/C16H23NO2/c1-11-7-8-17(10-11)15-6-3-12-9-13(19-2)4-5-14(12)16(15)18/h4-5,9,11,15-16,18H,3,6-8,10H2,1-2H3. The van der Waals surface area contributed by atoms with Gasteiger partial charge in [0.25, 0.3) is 0 Å². The molecule has 0 aromatic heterocycles. The minimum absolute atomic E-state index is 0.297. The lowest BCUT2D eigenvalue weighted by Crippen LogP contribution is -2.40. The average molecular weight is 261 g/mol. The minimum atomic E-state index is -0.347. The number of ether oxygens (including phenoxy) is 1. The summed E-state index contributed by atoms with van der Waals surface area (Å²) in [5.74, 6) is 1.66. The van der Waals surface area contributed by atoms with Crippen molar-refractivity contribution in [2.45, 2.75) is 38.3 Å². The normalized spacial score (nSPS) is 31.2. The van der Waals surface area contributed by atoms with E-state index in [4.69, 9.17) is 4.74 Å². The summed E-state index contributed by atoms with van der Waals surface area (Å²) >= 11 is 0. The third-order valence-electron chi connectivity index (χ3n) is 4.67. The van der Waals surface area contributed by atoms with Crippen LogP contribution in [0.3, 0.4) is 0 Å². The number of methoxy groups -OCH3 is 1. The molecule has 0 radical (unpaired) electrons. The van der Waals surface area contributed by atoms with Crippen molar-refractivity contribution in [1.82, 2.24) is 4.90 Å². The lowest BCUT2D eigenvalue weighted by molar-refractivity contribution is 0.0471. The van der Waals surface area contributed by atoms with Crippen LogP contribution in [0, 0.1) is 5.92 Å². The molecule has 1 N–H and O–H groups in total. The molecule has 0 saturated carbocycles. The van der Waals surface area contributed by atoms with Gasteiger partial charge in [-0.1, -0.05) is 13.0 Å². The number of hydrogen-bond acceptors (Lipinski definition) is 3. The molecule has 1 saturated heterocycles. The second kappa shape index (κ2) is 5.14. The first-order valence-electron chi connectivity index (χ1n) is 7.28. The summed E-state index contributed by atoms with van der Waals surface area (Å²) in [4.78, 5) is 2.47. The fraction of sp³-hybridized carbons (Fsp3) is 0.625. The van der Waals surface area contributed by atoms with Gasteiger partial charge in [-0.05, 0) is 55.0 Å². The van der Waals surface area contributed by atoms with Gasteiger partial charge in [0.15, 0.2) is 0 Å². The molecule has 0 spiro atoms. The van der Waals surface area contributed by atoms with Crippen molar-refractivity contribution in [3.63, 3.8) is 0 Å². The van der Waals surface area contributed by atoms with Crippen molar-refractivity contribution in [3.8, 4) is 5.75 Å². The van der Waals surface area contributed by atoms with E-state index in [1.807, 2.05) is 12.1 Å². The Hall–Kier alpha value is -1.06. The van der Waals surface area contributed by atoms with Crippen LogP contribution in [-0.4, -0.2) is 36.2 Å². The smallest absolute Gasteiger partial charge is 0.119 e. The Morgan fingerprint density at radius 3 is 2.84 bits per heavy atom. The zero-order valence-electron chi connectivity index (χ0n) is 11.8. The van der Waals surface area contributed by atoms with Crippen LogP contribution in [-0.2, 0) is 6.42 Å². The van der Waals surface area contributed by atoms with Crippen LogP contribution in [0.15, 0.2) is 18.2 Å². The molecular weight excluding hydrogens is 238 g/mol. The van der Waals surface area contributed by atoms with E-state index in [-0.39, 0.29) is 6.10 Å². The summed E-state index contributed by atoms with van der Waals surface area (Å²) in [5.41, 5.74) is 2.34. The third-order valence-corrected chi connectivity index (χ3v) is 4.67. The van der Waals surface area contributed by atoms with Gasteiger partial charge in [-0.2, -0.15) is 0 Å². The van der Waals surface area contributed by atoms with Crippen LogP contribution in [0.2, 0.25) is 0 Å². The largest absolute Gasteiger partial charge is 0.497 e. The first-order valence-corrected chi connectivity index (χ1v) is 7.28. The molecule has 19 heavy (non-hydrogen) atoms. The molecule has 1 aromatic carbocycles. The maximum atomic E-state index is 10.6. The van der Waals surface area contributed by atoms with Gasteiger partial charge in [0, 0.05) is 12.6 Å². The van der Waals surface area contributed by atoms with Gasteiger partial charge in [0.2, 0.25) is 0 Å². The lowest BCUT2D eigenvalue weighted by Gasteiger charge is -2.36. The molecule has 0 bridgehead atoms. The van der Waals surface area contributed by atoms with E-state index in [9.17, 15) is 5.11 Å². The number of aliphatic hydroxyl groups excluding tert-OH is 1. The Morgan fingerprint density at radius 2 is 2.16 bits per heavy atom. The zero-order valence-corrected chi connectivity index (χ0v) is 11.8. The Kier molecular flexibility index (Phi) is 3.50. The Labute approximate surface area is 115 Å². The molecular formula is C16H23NO2. The molecule has 1 aromatic rings. The van der Waals surface area contributed by atoms with Crippen LogP contribution in [0.1, 0.15) is 37.0 Å². The van der Waals surface area contributed by atoms with E-state index in [1.54, 1.807) is 7.11 Å². The van der Waals surface area contributed by atoms with Crippen molar-refractivity contribution in [2.24, 2.45) is 5.92 Å². The van der Waals surface area contributed by atoms with Gasteiger partial charge in [0.1, 0.15) is 5.75 Å². The second-order valence-corrected chi connectivity index (χ2v) is 6.00. The molecule has 3 atom stereocenters. The van der Waals surface area contributed by atoms with Crippen LogP contribution in [0.25, 0.3) is 0 Å². The molecule has 2 aliphatic rings. The van der Waals surface area contributed by atoms with E-state index in [0.717, 1.165) is 43.2 Å². The quantitative estimate of drug-likeness (QED) is 0.887. The fourth-order valence-corrected chi connectivity index (χ4v) is 3.54. The van der Waals surface area contributed by atoms with Crippen molar-refractivity contribution in [2.75, 3.05) is 20.2 Å². The van der Waals surface area contributed by atoms with E-state index < -0.39 is 0 Å². The minimum Gasteiger partial charge on any atom is -0.497 e. The molecule has 3 rings (SSSR count). The van der Waals surface area contributed by atoms with E-state index in [0.29, 0.717) is 6.04 Å². The van der Waals surface area contributed by atoms with Crippen LogP contribution in [0.5, 0.6) is 5.75 Å². The number of hydrogen-bond donors (Lipinski definition) is 1. The number of nitrogens with zero attached hydrogens (tertiary/aromatic N) is 1. The average Bonchev–Trinajstić information content (AvgIpc) is 2.85. The number of benzene rings is 1. The van der Waals surface area contributed by atoms with Crippen molar-refractivity contribution in [1.29, 1.82) is 0 Å². The molecule has 104 valence electrons. The molecule has 3 nitrogen and oxygen atoms in total. The number of likely N-dealkylation sites (tertiary alicyclic amines) is 1. The highest BCUT2D eigenvalue weighted by atomic mass is 16.5. The first kappa shape index (κ1) is 12.9. The van der Waals surface area contributed by atoms with Crippen molar-refractivity contribution < 1.29 is 9.84 Å². The van der Waals surface area contributed by atoms with Gasteiger partial charge in [-0.25, -0.2) is 0 Å². The summed E-state index contributed by atoms with van der Waals surface area (Å²) < 4.78 is 5.26. The third kappa shape index (κ3) is 2.37. The van der Waals surface area contributed by atoms with Crippen molar-refractivity contribution in [3.05, 3.63) is 29.3 Å². The second-order valence-electron chi connectivity index (χ2n) is 6.00. The van der Waals surface area contributed by atoms with Gasteiger partial charge < -0.3 is 9.84 Å². The fourth-order valence-electron chi connectivity index (χ4n) is 3.54. The molecule has 1 heterocycles. The summed E-state index contributed by atoms with van der Waals surface area (Å²) in [6, 6.07) is 6.36. The topological polar surface area (TPSA) is 32.7 Å². The number of fused-ring (bicyclic) bond motifs is 1. The Balaban J connectivity index is 1.81. The number of aliphatic hydroxyl groups is 1. The highest BCUT2D eigenvalue weighted by molar-refractivity contribution is 5.39. The zero-order chi connectivity index (χ0) is 13.4. The van der Waals surface area contributed by atoms with Gasteiger partial charge in [0.05, 0.1) is 13.2 Å². The predicted molar refractivity (Wildman–Crippen MR) is 75.4 cm³/mol. The highest BCUT2D eigenvalue weighted by Gasteiger charge is 2.35. The van der Waals surface area contributed by atoms with Crippen molar-refractivity contribution >= 4 is 0 Å². The molecule has 1 aliphatic carbocycles. The van der Waals surface area contributed by atoms with E-state index in [2.05, 4.69) is 17.9 Å². The molecule has 0 amide bonds. The van der Waals surface area contributed by atoms with Crippen LogP contribution < -0.4 is 4.74 Å². The number of aryl methyl sites for hydroxylation is 1. The molecule has 1 fully saturated rings. The molecule has 3 heteroatoms. The van der Waals surface area contributed by atoms with Crippen LogP contribution in [0.4, 0.5) is 0 Å². The lowest BCUT2D eigenvalue weighted by atomic mass is 9.85. The monoisotopic (exact) mass is 261 g/mol. The summed E-state index contributed by atoms with van der Waals surface area (Å²) in [6.45, 7) is 4.57. The Morgan fingerprint density at radius 1 is 1.32 bits per heavy atom. The van der Waals surface area contributed by atoms with E-state index in [1.165, 1.54) is 12.0 Å². The highest BCUT2D eigenvalue weighted by Crippen LogP contribution is 2.36. The first-order chi connectivity index (χ1) is 9.19. The van der Waals surface area contributed by atoms with Gasteiger partial charge in [-0.15, -0.1) is 0 Å². The SMILES string of the molecule is COc1ccc2c(c1)CCC(N1CCC(C)C1)C2O. The molecule has 3 unspecified atom stereocenters. The summed E-state index contributed by atoms with van der Waals surface area (Å²) in [5, 5.41) is 10.6. The van der Waals surface area contributed by atoms with Crippen LogP contribution >= 0.6 is 0 Å². The summed E-state index contributed by atoms with van der Waals surface area (Å²) in [6.07, 6.45) is 3.01. The predicted octanol–water partition coefficient (Wildman–Crippen LogP) is 2.39. The maximum Gasteiger partial charge on any atom is 0.119 e.